The van der Waals surface area contributed by atoms with E-state index >= 15 is 0 Å². The van der Waals surface area contributed by atoms with Crippen LogP contribution in [0.1, 0.15) is 31.4 Å². The van der Waals surface area contributed by atoms with Crippen LogP contribution in [-0.4, -0.2) is 11.3 Å². The fraction of sp³-hybridized carbons (Fsp3) is 0.462. The molecule has 0 aliphatic heterocycles. The Morgan fingerprint density at radius 1 is 1.33 bits per heavy atom. The topological polar surface area (TPSA) is 43.1 Å². The molecule has 2 N–H and O–H groups in total. The van der Waals surface area contributed by atoms with E-state index in [1.807, 2.05) is 45.0 Å². The monoisotopic (exact) mass is 205 g/mol. The Hall–Kier alpha value is -1.15. The summed E-state index contributed by atoms with van der Waals surface area (Å²) in [5.74, 6) is 0.205. The molecule has 0 saturated carbocycles. The van der Waals surface area contributed by atoms with E-state index in [9.17, 15) is 4.79 Å². The maximum atomic E-state index is 11.7. The molecule has 0 aliphatic carbocycles. The number of Topliss-reactive ketones (excluding diaryl/α,β-unsaturated/α-hetero) is 1. The molecule has 15 heavy (non-hydrogen) atoms. The number of nitrogens with two attached hydrogens (primary N) is 1. The predicted octanol–water partition coefficient (Wildman–Crippen LogP) is 2.23. The van der Waals surface area contributed by atoms with E-state index in [4.69, 9.17) is 5.73 Å². The third-order valence-electron chi connectivity index (χ3n) is 2.30. The van der Waals surface area contributed by atoms with Gasteiger partial charge < -0.3 is 5.73 Å². The largest absolute Gasteiger partial charge is 0.325 e. The molecule has 0 radical (unpaired) electrons. The number of hydrogen-bond acceptors (Lipinski definition) is 2. The SMILES string of the molecule is Cc1ccccc1CC(=O)CC(C)(C)N. The third-order valence-corrected chi connectivity index (χ3v) is 2.30. The molecule has 82 valence electrons. The van der Waals surface area contributed by atoms with Crippen LogP contribution in [0.3, 0.4) is 0 Å². The van der Waals surface area contributed by atoms with Crippen molar-refractivity contribution in [2.75, 3.05) is 0 Å². The zero-order chi connectivity index (χ0) is 11.5. The highest BCUT2D eigenvalue weighted by atomic mass is 16.1. The average Bonchev–Trinajstić information content (AvgIpc) is 2.05. The van der Waals surface area contributed by atoms with Gasteiger partial charge in [0.25, 0.3) is 0 Å². The van der Waals surface area contributed by atoms with E-state index in [1.165, 1.54) is 5.56 Å². The van der Waals surface area contributed by atoms with Crippen LogP contribution in [0.25, 0.3) is 0 Å². The second kappa shape index (κ2) is 4.58. The Kier molecular flexibility index (Phi) is 3.64. The summed E-state index contributed by atoms with van der Waals surface area (Å²) >= 11 is 0. The Labute approximate surface area is 91.5 Å². The van der Waals surface area contributed by atoms with Crippen LogP contribution in [0.4, 0.5) is 0 Å². The van der Waals surface area contributed by atoms with Gasteiger partial charge in [-0.05, 0) is 31.9 Å². The first-order chi connectivity index (χ1) is 6.88. The molecule has 1 aromatic rings. The number of benzene rings is 1. The predicted molar refractivity (Wildman–Crippen MR) is 62.8 cm³/mol. The van der Waals surface area contributed by atoms with E-state index in [-0.39, 0.29) is 5.78 Å². The maximum absolute atomic E-state index is 11.7. The standard InChI is InChI=1S/C13H19NO/c1-10-6-4-5-7-11(10)8-12(15)9-13(2,3)14/h4-7H,8-9,14H2,1-3H3. The summed E-state index contributed by atoms with van der Waals surface area (Å²) in [5.41, 5.74) is 7.68. The lowest BCUT2D eigenvalue weighted by molar-refractivity contribution is -0.119. The number of carbonyl (C=O) groups is 1. The van der Waals surface area contributed by atoms with Crippen LogP contribution in [0.5, 0.6) is 0 Å². The minimum atomic E-state index is -0.403. The molecule has 0 aromatic heterocycles. The van der Waals surface area contributed by atoms with Gasteiger partial charge in [-0.15, -0.1) is 0 Å². The van der Waals surface area contributed by atoms with Crippen molar-refractivity contribution < 1.29 is 4.79 Å². The van der Waals surface area contributed by atoms with E-state index in [0.29, 0.717) is 12.8 Å². The Morgan fingerprint density at radius 2 is 1.93 bits per heavy atom. The minimum absolute atomic E-state index is 0.205. The molecule has 0 unspecified atom stereocenters. The number of carbonyl (C=O) groups excluding carboxylic acids is 1. The van der Waals surface area contributed by atoms with Crippen LogP contribution >= 0.6 is 0 Å². The maximum Gasteiger partial charge on any atom is 0.139 e. The highest BCUT2D eigenvalue weighted by Gasteiger charge is 2.16. The molecule has 2 heteroatoms. The molecule has 0 saturated heterocycles. The number of hydrogen-bond donors (Lipinski definition) is 1. The van der Waals surface area contributed by atoms with Gasteiger partial charge in [-0.3, -0.25) is 4.79 Å². The van der Waals surface area contributed by atoms with Crippen molar-refractivity contribution in [1.29, 1.82) is 0 Å². The highest BCUT2D eigenvalue weighted by Crippen LogP contribution is 2.12. The second-order valence-electron chi connectivity index (χ2n) is 4.81. The Morgan fingerprint density at radius 3 is 2.47 bits per heavy atom. The normalized spacial score (nSPS) is 11.5. The van der Waals surface area contributed by atoms with Gasteiger partial charge in [-0.1, -0.05) is 24.3 Å². The van der Waals surface area contributed by atoms with Gasteiger partial charge in [-0.25, -0.2) is 0 Å². The molecular weight excluding hydrogens is 186 g/mol. The first kappa shape index (κ1) is 11.9. The number of rotatable bonds is 4. The zero-order valence-corrected chi connectivity index (χ0v) is 9.71. The summed E-state index contributed by atoms with van der Waals surface area (Å²) < 4.78 is 0. The third kappa shape index (κ3) is 4.26. The summed E-state index contributed by atoms with van der Waals surface area (Å²) in [6, 6.07) is 7.96. The first-order valence-electron chi connectivity index (χ1n) is 5.23. The molecule has 0 aliphatic rings. The van der Waals surface area contributed by atoms with E-state index < -0.39 is 5.54 Å². The fourth-order valence-electron chi connectivity index (χ4n) is 1.59. The lowest BCUT2D eigenvalue weighted by Gasteiger charge is -2.17. The summed E-state index contributed by atoms with van der Waals surface area (Å²) in [7, 11) is 0. The molecular formula is C13H19NO. The lowest BCUT2D eigenvalue weighted by Crippen LogP contribution is -2.35. The lowest BCUT2D eigenvalue weighted by atomic mass is 9.94. The van der Waals surface area contributed by atoms with Crippen molar-refractivity contribution in [3.05, 3.63) is 35.4 Å². The molecule has 0 fully saturated rings. The average molecular weight is 205 g/mol. The van der Waals surface area contributed by atoms with Crippen molar-refractivity contribution in [2.24, 2.45) is 5.73 Å². The minimum Gasteiger partial charge on any atom is -0.325 e. The van der Waals surface area contributed by atoms with E-state index in [2.05, 4.69) is 0 Å². The number of ketones is 1. The van der Waals surface area contributed by atoms with Crippen molar-refractivity contribution in [2.45, 2.75) is 39.2 Å². The van der Waals surface area contributed by atoms with E-state index in [1.54, 1.807) is 0 Å². The van der Waals surface area contributed by atoms with Gasteiger partial charge in [-0.2, -0.15) is 0 Å². The van der Waals surface area contributed by atoms with Crippen LogP contribution in [-0.2, 0) is 11.2 Å². The smallest absolute Gasteiger partial charge is 0.139 e. The van der Waals surface area contributed by atoms with Crippen molar-refractivity contribution in [3.8, 4) is 0 Å². The molecule has 1 aromatic carbocycles. The summed E-state index contributed by atoms with van der Waals surface area (Å²) in [6.07, 6.45) is 0.925. The molecule has 1 rings (SSSR count). The van der Waals surface area contributed by atoms with Crippen LogP contribution in [0.15, 0.2) is 24.3 Å². The van der Waals surface area contributed by atoms with Gasteiger partial charge in [0.1, 0.15) is 5.78 Å². The van der Waals surface area contributed by atoms with Crippen LogP contribution in [0, 0.1) is 6.92 Å². The molecule has 0 spiro atoms. The second-order valence-corrected chi connectivity index (χ2v) is 4.81. The van der Waals surface area contributed by atoms with Gasteiger partial charge in [0, 0.05) is 18.4 Å². The molecule has 2 nitrogen and oxygen atoms in total. The molecule has 0 heterocycles. The van der Waals surface area contributed by atoms with Crippen molar-refractivity contribution >= 4 is 5.78 Å². The number of aryl methyl sites for hydroxylation is 1. The van der Waals surface area contributed by atoms with Gasteiger partial charge >= 0.3 is 0 Å². The Bertz CT molecular complexity index is 350. The molecule has 0 amide bonds. The van der Waals surface area contributed by atoms with Crippen LogP contribution < -0.4 is 5.73 Å². The quantitative estimate of drug-likeness (QED) is 0.819. The van der Waals surface area contributed by atoms with Gasteiger partial charge in [0.2, 0.25) is 0 Å². The molecule has 0 atom stereocenters. The first-order valence-corrected chi connectivity index (χ1v) is 5.23. The van der Waals surface area contributed by atoms with Gasteiger partial charge in [0.05, 0.1) is 0 Å². The van der Waals surface area contributed by atoms with E-state index in [0.717, 1.165) is 5.56 Å². The summed E-state index contributed by atoms with van der Waals surface area (Å²) in [4.78, 5) is 11.7. The fourth-order valence-corrected chi connectivity index (χ4v) is 1.59. The Balaban J connectivity index is 2.64. The van der Waals surface area contributed by atoms with Crippen molar-refractivity contribution in [3.63, 3.8) is 0 Å². The summed E-state index contributed by atoms with van der Waals surface area (Å²) in [6.45, 7) is 5.78. The van der Waals surface area contributed by atoms with Crippen LogP contribution in [0.2, 0.25) is 0 Å². The van der Waals surface area contributed by atoms with Crippen molar-refractivity contribution in [1.82, 2.24) is 0 Å². The molecule has 0 bridgehead atoms. The highest BCUT2D eigenvalue weighted by molar-refractivity contribution is 5.82. The van der Waals surface area contributed by atoms with Gasteiger partial charge in [0.15, 0.2) is 0 Å². The summed E-state index contributed by atoms with van der Waals surface area (Å²) in [5, 5.41) is 0. The zero-order valence-electron chi connectivity index (χ0n) is 9.71.